The molecule has 2 nitrogen and oxygen atoms in total. The Hall–Kier alpha value is -0.930. The van der Waals surface area contributed by atoms with E-state index in [4.69, 9.17) is 5.73 Å². The molecule has 0 unspecified atom stereocenters. The maximum Gasteiger partial charge on any atom is 0.126 e. The first kappa shape index (κ1) is 11.6. The average Bonchev–Trinajstić information content (AvgIpc) is 2.27. The highest BCUT2D eigenvalue weighted by atomic mass is 19.1. The number of nitrogens with zero attached hydrogens (tertiary/aromatic N) is 1. The van der Waals surface area contributed by atoms with Crippen molar-refractivity contribution in [2.75, 3.05) is 13.1 Å². The van der Waals surface area contributed by atoms with Crippen LogP contribution in [0.4, 0.5) is 4.39 Å². The maximum absolute atomic E-state index is 13.4. The Balaban J connectivity index is 1.96. The molecule has 1 fully saturated rings. The Morgan fingerprint density at radius 2 is 2.06 bits per heavy atom. The zero-order valence-electron chi connectivity index (χ0n) is 9.75. The third-order valence-corrected chi connectivity index (χ3v) is 3.27. The van der Waals surface area contributed by atoms with Crippen molar-refractivity contribution in [3.8, 4) is 0 Å². The lowest BCUT2D eigenvalue weighted by atomic mass is 10.0. The Morgan fingerprint density at radius 1 is 1.38 bits per heavy atom. The Labute approximate surface area is 96.2 Å². The van der Waals surface area contributed by atoms with Crippen molar-refractivity contribution in [1.82, 2.24) is 4.90 Å². The molecule has 1 saturated heterocycles. The molecule has 1 heterocycles. The van der Waals surface area contributed by atoms with Crippen molar-refractivity contribution in [3.05, 3.63) is 35.1 Å². The van der Waals surface area contributed by atoms with Crippen LogP contribution in [0.1, 0.15) is 24.0 Å². The normalized spacial score (nSPS) is 18.9. The van der Waals surface area contributed by atoms with E-state index in [2.05, 4.69) is 4.90 Å². The second-order valence-electron chi connectivity index (χ2n) is 4.70. The van der Waals surface area contributed by atoms with Gasteiger partial charge in [-0.3, -0.25) is 4.90 Å². The number of hydrogen-bond donors (Lipinski definition) is 1. The monoisotopic (exact) mass is 222 g/mol. The summed E-state index contributed by atoms with van der Waals surface area (Å²) in [6.07, 6.45) is 2.10. The summed E-state index contributed by atoms with van der Waals surface area (Å²) >= 11 is 0. The summed E-state index contributed by atoms with van der Waals surface area (Å²) in [5, 5.41) is 0. The lowest BCUT2D eigenvalue weighted by molar-refractivity contribution is 0.205. The molecule has 0 aromatic heterocycles. The van der Waals surface area contributed by atoms with Gasteiger partial charge in [0, 0.05) is 12.6 Å². The molecule has 1 aromatic rings. The van der Waals surface area contributed by atoms with E-state index in [1.165, 1.54) is 0 Å². The van der Waals surface area contributed by atoms with E-state index in [0.29, 0.717) is 11.6 Å². The van der Waals surface area contributed by atoms with E-state index in [-0.39, 0.29) is 5.82 Å². The van der Waals surface area contributed by atoms with E-state index in [1.807, 2.05) is 12.1 Å². The molecule has 88 valence electrons. The predicted octanol–water partition coefficient (Wildman–Crippen LogP) is 2.06. The zero-order chi connectivity index (χ0) is 11.5. The van der Waals surface area contributed by atoms with Crippen LogP contribution in [0, 0.1) is 12.7 Å². The minimum atomic E-state index is -0.105. The molecule has 2 rings (SSSR count). The molecule has 0 bridgehead atoms. The largest absolute Gasteiger partial charge is 0.328 e. The number of halogens is 1. The average molecular weight is 222 g/mol. The zero-order valence-corrected chi connectivity index (χ0v) is 9.75. The van der Waals surface area contributed by atoms with E-state index in [0.717, 1.165) is 38.0 Å². The second-order valence-corrected chi connectivity index (χ2v) is 4.70. The Kier molecular flexibility index (Phi) is 3.56. The van der Waals surface area contributed by atoms with Gasteiger partial charge in [-0.05, 0) is 50.0 Å². The SMILES string of the molecule is Cc1ccc(CN2CCC(N)CC2)cc1F. The fourth-order valence-corrected chi connectivity index (χ4v) is 2.10. The smallest absolute Gasteiger partial charge is 0.126 e. The highest BCUT2D eigenvalue weighted by Crippen LogP contribution is 2.15. The van der Waals surface area contributed by atoms with Gasteiger partial charge in [0.1, 0.15) is 5.82 Å². The summed E-state index contributed by atoms with van der Waals surface area (Å²) in [5.41, 5.74) is 7.61. The number of benzene rings is 1. The second kappa shape index (κ2) is 4.93. The maximum atomic E-state index is 13.4. The Morgan fingerprint density at radius 3 is 2.69 bits per heavy atom. The summed E-state index contributed by atoms with van der Waals surface area (Å²) < 4.78 is 13.4. The molecule has 0 amide bonds. The van der Waals surface area contributed by atoms with Crippen LogP contribution in [0.25, 0.3) is 0 Å². The van der Waals surface area contributed by atoms with Gasteiger partial charge in [0.05, 0.1) is 0 Å². The van der Waals surface area contributed by atoms with Crippen LogP contribution in [-0.4, -0.2) is 24.0 Å². The van der Waals surface area contributed by atoms with Gasteiger partial charge in [0.2, 0.25) is 0 Å². The van der Waals surface area contributed by atoms with E-state index < -0.39 is 0 Å². The first-order valence-corrected chi connectivity index (χ1v) is 5.88. The van der Waals surface area contributed by atoms with E-state index >= 15 is 0 Å². The van der Waals surface area contributed by atoms with Crippen molar-refractivity contribution in [2.45, 2.75) is 32.4 Å². The molecular formula is C13H19FN2. The number of hydrogen-bond acceptors (Lipinski definition) is 2. The number of nitrogens with two attached hydrogens (primary N) is 1. The van der Waals surface area contributed by atoms with Gasteiger partial charge in [0.15, 0.2) is 0 Å². The van der Waals surface area contributed by atoms with Gasteiger partial charge in [-0.2, -0.15) is 0 Å². The highest BCUT2D eigenvalue weighted by Gasteiger charge is 2.16. The van der Waals surface area contributed by atoms with Crippen LogP contribution in [0.15, 0.2) is 18.2 Å². The van der Waals surface area contributed by atoms with Crippen LogP contribution in [0.2, 0.25) is 0 Å². The molecule has 16 heavy (non-hydrogen) atoms. The van der Waals surface area contributed by atoms with Crippen molar-refractivity contribution in [2.24, 2.45) is 5.73 Å². The molecule has 0 radical (unpaired) electrons. The van der Waals surface area contributed by atoms with Crippen molar-refractivity contribution in [1.29, 1.82) is 0 Å². The first-order chi connectivity index (χ1) is 7.65. The predicted molar refractivity (Wildman–Crippen MR) is 63.6 cm³/mol. The van der Waals surface area contributed by atoms with Crippen LogP contribution >= 0.6 is 0 Å². The molecule has 0 spiro atoms. The summed E-state index contributed by atoms with van der Waals surface area (Å²) in [6, 6.07) is 5.85. The quantitative estimate of drug-likeness (QED) is 0.830. The lowest BCUT2D eigenvalue weighted by Crippen LogP contribution is -2.39. The number of piperidine rings is 1. The third-order valence-electron chi connectivity index (χ3n) is 3.27. The molecule has 0 saturated carbocycles. The minimum Gasteiger partial charge on any atom is -0.328 e. The summed E-state index contributed by atoms with van der Waals surface area (Å²) in [5.74, 6) is -0.105. The van der Waals surface area contributed by atoms with Crippen molar-refractivity contribution >= 4 is 0 Å². The van der Waals surface area contributed by atoms with Crippen molar-refractivity contribution < 1.29 is 4.39 Å². The van der Waals surface area contributed by atoms with Gasteiger partial charge < -0.3 is 5.73 Å². The minimum absolute atomic E-state index is 0.105. The van der Waals surface area contributed by atoms with Gasteiger partial charge in [-0.15, -0.1) is 0 Å². The van der Waals surface area contributed by atoms with Gasteiger partial charge in [0.25, 0.3) is 0 Å². The Bertz CT molecular complexity index is 357. The molecule has 2 N–H and O–H groups in total. The molecule has 1 aliphatic rings. The first-order valence-electron chi connectivity index (χ1n) is 5.88. The number of likely N-dealkylation sites (tertiary alicyclic amines) is 1. The van der Waals surface area contributed by atoms with E-state index in [1.54, 1.807) is 13.0 Å². The number of rotatable bonds is 2. The fraction of sp³-hybridized carbons (Fsp3) is 0.538. The van der Waals surface area contributed by atoms with Crippen LogP contribution in [0.3, 0.4) is 0 Å². The molecule has 1 aromatic carbocycles. The summed E-state index contributed by atoms with van der Waals surface area (Å²) in [6.45, 7) is 4.68. The standard InChI is InChI=1S/C13H19FN2/c1-10-2-3-11(8-13(10)14)9-16-6-4-12(15)5-7-16/h2-3,8,12H,4-7,9,15H2,1H3. The molecular weight excluding hydrogens is 203 g/mol. The number of aryl methyl sites for hydroxylation is 1. The lowest BCUT2D eigenvalue weighted by Gasteiger charge is -2.30. The third kappa shape index (κ3) is 2.80. The van der Waals surface area contributed by atoms with Gasteiger partial charge in [-0.1, -0.05) is 12.1 Å². The summed E-state index contributed by atoms with van der Waals surface area (Å²) in [4.78, 5) is 2.34. The van der Waals surface area contributed by atoms with E-state index in [9.17, 15) is 4.39 Å². The van der Waals surface area contributed by atoms with Crippen LogP contribution in [0.5, 0.6) is 0 Å². The highest BCUT2D eigenvalue weighted by molar-refractivity contribution is 5.23. The fourth-order valence-electron chi connectivity index (χ4n) is 2.10. The molecule has 0 atom stereocenters. The van der Waals surface area contributed by atoms with Crippen molar-refractivity contribution in [3.63, 3.8) is 0 Å². The van der Waals surface area contributed by atoms with Gasteiger partial charge >= 0.3 is 0 Å². The van der Waals surface area contributed by atoms with Gasteiger partial charge in [-0.25, -0.2) is 4.39 Å². The molecule has 1 aliphatic heterocycles. The topological polar surface area (TPSA) is 29.3 Å². The molecule has 0 aliphatic carbocycles. The molecule has 3 heteroatoms. The van der Waals surface area contributed by atoms with Crippen LogP contribution in [-0.2, 0) is 6.54 Å². The van der Waals surface area contributed by atoms with Crippen LogP contribution < -0.4 is 5.73 Å². The summed E-state index contributed by atoms with van der Waals surface area (Å²) in [7, 11) is 0.